The lowest BCUT2D eigenvalue weighted by atomic mass is 10.00. The second-order valence-electron chi connectivity index (χ2n) is 8.05. The first-order valence-corrected chi connectivity index (χ1v) is 10.8. The fourth-order valence-corrected chi connectivity index (χ4v) is 4.11. The third-order valence-corrected chi connectivity index (χ3v) is 5.61. The molecule has 2 heterocycles. The molecule has 32 heavy (non-hydrogen) atoms. The number of hydrogen-bond acceptors (Lipinski definition) is 5. The number of amides is 3. The molecular weight excluding hydrogens is 410 g/mol. The Morgan fingerprint density at radius 2 is 1.94 bits per heavy atom. The lowest BCUT2D eigenvalue weighted by Gasteiger charge is -2.25. The fraction of sp³-hybridized carbons (Fsp3) is 0.375. The van der Waals surface area contributed by atoms with Gasteiger partial charge in [-0.25, -0.2) is 4.79 Å². The highest BCUT2D eigenvalue weighted by atomic mass is 16.6. The summed E-state index contributed by atoms with van der Waals surface area (Å²) in [6.45, 7) is 2.76. The molecule has 0 radical (unpaired) electrons. The zero-order chi connectivity index (χ0) is 22.5. The molecule has 4 rings (SSSR count). The van der Waals surface area contributed by atoms with Crippen molar-refractivity contribution >= 4 is 23.6 Å². The summed E-state index contributed by atoms with van der Waals surface area (Å²) in [5.74, 6) is -0.501. The molecule has 3 unspecified atom stereocenters. The van der Waals surface area contributed by atoms with Gasteiger partial charge in [0.1, 0.15) is 0 Å². The highest BCUT2D eigenvalue weighted by Gasteiger charge is 2.47. The molecule has 2 aromatic rings. The number of rotatable bonds is 7. The van der Waals surface area contributed by atoms with Crippen LogP contribution < -0.4 is 10.6 Å². The lowest BCUT2D eigenvalue weighted by molar-refractivity contribution is -0.126. The molecule has 168 valence electrons. The average molecular weight is 437 g/mol. The summed E-state index contributed by atoms with van der Waals surface area (Å²) in [5, 5.41) is 5.67. The third kappa shape index (κ3) is 5.08. The number of nitrogens with one attached hydrogen (secondary N) is 2. The van der Waals surface area contributed by atoms with Gasteiger partial charge in [-0.05, 0) is 36.1 Å². The molecule has 0 spiro atoms. The van der Waals surface area contributed by atoms with Crippen LogP contribution in [0.25, 0.3) is 0 Å². The maximum Gasteiger partial charge on any atom is 0.411 e. The van der Waals surface area contributed by atoms with E-state index in [9.17, 15) is 14.4 Å². The minimum atomic E-state index is -0.850. The van der Waals surface area contributed by atoms with Crippen molar-refractivity contribution in [3.8, 4) is 0 Å². The van der Waals surface area contributed by atoms with Gasteiger partial charge < -0.3 is 20.1 Å². The van der Waals surface area contributed by atoms with Crippen molar-refractivity contribution in [1.29, 1.82) is 0 Å². The molecule has 0 aliphatic carbocycles. The van der Waals surface area contributed by atoms with Gasteiger partial charge in [-0.1, -0.05) is 42.5 Å². The van der Waals surface area contributed by atoms with E-state index in [1.54, 1.807) is 24.3 Å². The van der Waals surface area contributed by atoms with Crippen molar-refractivity contribution in [2.75, 3.05) is 18.5 Å². The Kier molecular flexibility index (Phi) is 6.70. The maximum absolute atomic E-state index is 13.3. The van der Waals surface area contributed by atoms with Crippen LogP contribution in [0.4, 0.5) is 10.5 Å². The van der Waals surface area contributed by atoms with Gasteiger partial charge in [0.05, 0.1) is 12.6 Å². The van der Waals surface area contributed by atoms with E-state index in [4.69, 9.17) is 9.47 Å². The third-order valence-electron chi connectivity index (χ3n) is 5.61. The van der Waals surface area contributed by atoms with Crippen molar-refractivity contribution in [1.82, 2.24) is 10.2 Å². The number of ether oxygens (including phenoxy) is 2. The van der Waals surface area contributed by atoms with Crippen LogP contribution in [0.15, 0.2) is 54.6 Å². The predicted octanol–water partition coefficient (Wildman–Crippen LogP) is 3.00. The van der Waals surface area contributed by atoms with Gasteiger partial charge in [-0.2, -0.15) is 0 Å². The molecule has 2 aromatic carbocycles. The van der Waals surface area contributed by atoms with Crippen molar-refractivity contribution in [2.24, 2.45) is 0 Å². The summed E-state index contributed by atoms with van der Waals surface area (Å²) in [4.78, 5) is 39.0. The second-order valence-corrected chi connectivity index (χ2v) is 8.05. The molecule has 2 aliphatic heterocycles. The lowest BCUT2D eigenvalue weighted by Crippen LogP contribution is -2.47. The van der Waals surface area contributed by atoms with Crippen LogP contribution in [-0.2, 0) is 25.6 Å². The minimum Gasteiger partial charge on any atom is -0.438 e. The molecule has 8 heteroatoms. The molecule has 2 aliphatic rings. The van der Waals surface area contributed by atoms with Crippen LogP contribution in [0.5, 0.6) is 0 Å². The first-order valence-electron chi connectivity index (χ1n) is 10.8. The molecule has 2 N–H and O–H groups in total. The zero-order valence-corrected chi connectivity index (χ0v) is 18.0. The van der Waals surface area contributed by atoms with E-state index < -0.39 is 18.2 Å². The van der Waals surface area contributed by atoms with E-state index in [0.717, 1.165) is 18.4 Å². The Balaban J connectivity index is 1.59. The predicted molar refractivity (Wildman–Crippen MR) is 118 cm³/mol. The van der Waals surface area contributed by atoms with Crippen molar-refractivity contribution < 1.29 is 23.9 Å². The van der Waals surface area contributed by atoms with E-state index in [0.29, 0.717) is 24.4 Å². The van der Waals surface area contributed by atoms with Gasteiger partial charge in [0.15, 0.2) is 12.1 Å². The van der Waals surface area contributed by atoms with Gasteiger partial charge >= 0.3 is 6.09 Å². The van der Waals surface area contributed by atoms with E-state index in [2.05, 4.69) is 10.6 Å². The maximum atomic E-state index is 13.3. The number of carbonyl (C=O) groups excluding carboxylic acids is 3. The number of hydrogen-bond donors (Lipinski definition) is 2. The molecule has 0 saturated carbocycles. The van der Waals surface area contributed by atoms with Gasteiger partial charge in [-0.3, -0.25) is 14.5 Å². The van der Waals surface area contributed by atoms with Crippen LogP contribution in [-0.4, -0.2) is 48.1 Å². The van der Waals surface area contributed by atoms with E-state index in [1.165, 1.54) is 11.8 Å². The van der Waals surface area contributed by atoms with E-state index in [1.807, 2.05) is 30.3 Å². The van der Waals surface area contributed by atoms with E-state index >= 15 is 0 Å². The first kappa shape index (κ1) is 21.8. The standard InChI is InChI=1S/C24H27N3O5/c1-16(28)26-19-10-5-9-18(13-19)22-21(23(29)25-14-20-11-6-12-31-20)27(24(30)32-22)15-17-7-3-2-4-8-17/h2-5,7-10,13,20-22H,6,11-12,14-15H2,1H3,(H,25,29)(H,26,28). The Morgan fingerprint density at radius 1 is 1.12 bits per heavy atom. The summed E-state index contributed by atoms with van der Waals surface area (Å²) in [5.41, 5.74) is 2.11. The average Bonchev–Trinajstić information content (AvgIpc) is 3.41. The highest BCUT2D eigenvalue weighted by Crippen LogP contribution is 2.35. The molecule has 3 amide bonds. The highest BCUT2D eigenvalue weighted by molar-refractivity contribution is 5.90. The Morgan fingerprint density at radius 3 is 2.66 bits per heavy atom. The summed E-state index contributed by atoms with van der Waals surface area (Å²) in [6.07, 6.45) is 0.507. The summed E-state index contributed by atoms with van der Waals surface area (Å²) >= 11 is 0. The fourth-order valence-electron chi connectivity index (χ4n) is 4.11. The van der Waals surface area contributed by atoms with Crippen LogP contribution in [0, 0.1) is 0 Å². The molecule has 8 nitrogen and oxygen atoms in total. The van der Waals surface area contributed by atoms with Crippen LogP contribution in [0.1, 0.15) is 37.0 Å². The van der Waals surface area contributed by atoms with Crippen LogP contribution in [0.3, 0.4) is 0 Å². The molecule has 0 aromatic heterocycles. The SMILES string of the molecule is CC(=O)Nc1cccc(C2OC(=O)N(Cc3ccccc3)C2C(=O)NCC2CCCO2)c1. The quantitative estimate of drug-likeness (QED) is 0.694. The molecule has 2 fully saturated rings. The van der Waals surface area contributed by atoms with Gasteiger partial charge in [0.25, 0.3) is 0 Å². The summed E-state index contributed by atoms with van der Waals surface area (Å²) < 4.78 is 11.3. The monoisotopic (exact) mass is 437 g/mol. The molecular formula is C24H27N3O5. The van der Waals surface area contributed by atoms with Crippen LogP contribution in [0.2, 0.25) is 0 Å². The van der Waals surface area contributed by atoms with Crippen molar-refractivity contribution in [3.63, 3.8) is 0 Å². The number of anilines is 1. The summed E-state index contributed by atoms with van der Waals surface area (Å²) in [6, 6.07) is 15.6. The van der Waals surface area contributed by atoms with Crippen LogP contribution >= 0.6 is 0 Å². The van der Waals surface area contributed by atoms with Crippen molar-refractivity contribution in [2.45, 2.75) is 44.6 Å². The Hall–Kier alpha value is -3.39. The largest absolute Gasteiger partial charge is 0.438 e. The topological polar surface area (TPSA) is 97.0 Å². The van der Waals surface area contributed by atoms with Gasteiger partial charge in [0, 0.05) is 25.8 Å². The molecule has 0 bridgehead atoms. The Bertz CT molecular complexity index is 975. The van der Waals surface area contributed by atoms with Gasteiger partial charge in [0.2, 0.25) is 11.8 Å². The smallest absolute Gasteiger partial charge is 0.411 e. The Labute approximate surface area is 186 Å². The number of nitrogens with zero attached hydrogens (tertiary/aromatic N) is 1. The first-order chi connectivity index (χ1) is 15.5. The molecule has 2 saturated heterocycles. The zero-order valence-electron chi connectivity index (χ0n) is 18.0. The second kappa shape index (κ2) is 9.82. The van der Waals surface area contributed by atoms with Crippen molar-refractivity contribution in [3.05, 3.63) is 65.7 Å². The van der Waals surface area contributed by atoms with Gasteiger partial charge in [-0.15, -0.1) is 0 Å². The number of carbonyl (C=O) groups is 3. The minimum absolute atomic E-state index is 0.0129. The summed E-state index contributed by atoms with van der Waals surface area (Å²) in [7, 11) is 0. The normalized spacial score (nSPS) is 22.5. The molecule has 3 atom stereocenters. The number of benzene rings is 2. The number of cyclic esters (lactones) is 1. The van der Waals surface area contributed by atoms with E-state index in [-0.39, 0.29) is 24.5 Å².